The summed E-state index contributed by atoms with van der Waals surface area (Å²) in [6.07, 6.45) is -0.402. The minimum atomic E-state index is -0.746. The molecule has 2 heterocycles. The number of fused-ring (bicyclic) bond motifs is 1. The highest BCUT2D eigenvalue weighted by atomic mass is 16.5. The minimum Gasteiger partial charge on any atom is -0.495 e. The summed E-state index contributed by atoms with van der Waals surface area (Å²) in [5, 5.41) is 10.9. The molecule has 1 aromatic heterocycles. The monoisotopic (exact) mass is 485 g/mol. The number of aliphatic hydroxyl groups is 1. The molecule has 0 radical (unpaired) electrons. The van der Waals surface area contributed by atoms with Crippen LogP contribution in [0.5, 0.6) is 11.5 Å². The first kappa shape index (κ1) is 23.9. The van der Waals surface area contributed by atoms with Crippen molar-refractivity contribution in [3.05, 3.63) is 83.7 Å². The predicted molar refractivity (Wildman–Crippen MR) is 140 cm³/mol. The lowest BCUT2D eigenvalue weighted by Crippen LogP contribution is -2.27. The Hall–Kier alpha value is -3.84. The Labute approximate surface area is 210 Å². The van der Waals surface area contributed by atoms with Crippen molar-refractivity contribution < 1.29 is 19.4 Å². The largest absolute Gasteiger partial charge is 0.495 e. The maximum Gasteiger partial charge on any atom is 0.227 e. The summed E-state index contributed by atoms with van der Waals surface area (Å²) in [4.78, 5) is 19.7. The first-order chi connectivity index (χ1) is 17.4. The normalized spacial score (nSPS) is 16.5. The fourth-order valence-electron chi connectivity index (χ4n) is 4.97. The van der Waals surface area contributed by atoms with Gasteiger partial charge in [-0.3, -0.25) is 4.79 Å². The van der Waals surface area contributed by atoms with E-state index in [4.69, 9.17) is 14.5 Å². The maximum atomic E-state index is 13.1. The zero-order valence-electron chi connectivity index (χ0n) is 20.8. The number of rotatable bonds is 8. The highest BCUT2D eigenvalue weighted by Gasteiger charge is 2.36. The van der Waals surface area contributed by atoms with Gasteiger partial charge in [-0.1, -0.05) is 42.0 Å². The fraction of sp³-hybridized carbons (Fsp3) is 0.310. The molecule has 3 aromatic carbocycles. The van der Waals surface area contributed by atoms with Crippen molar-refractivity contribution in [1.82, 2.24) is 9.55 Å². The average molecular weight is 486 g/mol. The second-order valence-corrected chi connectivity index (χ2v) is 9.38. The number of anilines is 1. The summed E-state index contributed by atoms with van der Waals surface area (Å²) < 4.78 is 13.5. The molecule has 1 aliphatic rings. The van der Waals surface area contributed by atoms with E-state index >= 15 is 0 Å². The molecule has 5 rings (SSSR count). The number of imidazole rings is 1. The number of aromatic nitrogens is 2. The van der Waals surface area contributed by atoms with Gasteiger partial charge in [-0.05, 0) is 49.7 Å². The summed E-state index contributed by atoms with van der Waals surface area (Å²) in [5.41, 5.74) is 4.75. The van der Waals surface area contributed by atoms with E-state index < -0.39 is 6.10 Å². The van der Waals surface area contributed by atoms with E-state index in [0.29, 0.717) is 25.3 Å². The molecule has 7 heteroatoms. The lowest BCUT2D eigenvalue weighted by molar-refractivity contribution is -0.117. The quantitative estimate of drug-likeness (QED) is 0.394. The topological polar surface area (TPSA) is 76.8 Å². The molecule has 7 nitrogen and oxygen atoms in total. The van der Waals surface area contributed by atoms with Crippen LogP contribution in [0.4, 0.5) is 5.69 Å². The van der Waals surface area contributed by atoms with Crippen LogP contribution in [0.3, 0.4) is 0 Å². The molecule has 1 amide bonds. The molecule has 1 fully saturated rings. The van der Waals surface area contributed by atoms with Crippen LogP contribution < -0.4 is 14.4 Å². The predicted octanol–water partition coefficient (Wildman–Crippen LogP) is 4.62. The number of hydrogen-bond acceptors (Lipinski definition) is 5. The third-order valence-corrected chi connectivity index (χ3v) is 6.71. The van der Waals surface area contributed by atoms with Crippen LogP contribution in [0, 0.1) is 13.8 Å². The molecular weight excluding hydrogens is 454 g/mol. The number of para-hydroxylation sites is 4. The van der Waals surface area contributed by atoms with Crippen molar-refractivity contribution in [3.63, 3.8) is 0 Å². The number of benzene rings is 3. The number of hydrogen-bond donors (Lipinski definition) is 1. The summed E-state index contributed by atoms with van der Waals surface area (Å²) in [5.74, 6) is 2.15. The van der Waals surface area contributed by atoms with E-state index in [1.165, 1.54) is 5.56 Å². The van der Waals surface area contributed by atoms with Gasteiger partial charge in [-0.25, -0.2) is 4.98 Å². The van der Waals surface area contributed by atoms with Crippen LogP contribution in [0.25, 0.3) is 11.0 Å². The SMILES string of the molecule is COc1ccccc1N1C[C@@H](c2nc3ccccc3n2C[C@H](O)COc2ccc(C)cc2C)CC1=O. The standard InChI is InChI=1S/C29H31N3O4/c1-19-12-13-26(20(2)14-19)36-18-22(33)17-32-24-9-5-4-8-23(24)30-29(32)21-15-28(34)31(16-21)25-10-6-7-11-27(25)35-3/h4-14,21-22,33H,15-18H2,1-3H3/t21-,22-/m0/s1. The van der Waals surface area contributed by atoms with Gasteiger partial charge >= 0.3 is 0 Å². The van der Waals surface area contributed by atoms with Crippen LogP contribution in [0.1, 0.15) is 29.3 Å². The maximum absolute atomic E-state index is 13.1. The van der Waals surface area contributed by atoms with Gasteiger partial charge < -0.3 is 24.0 Å². The lowest BCUT2D eigenvalue weighted by atomic mass is 10.1. The summed E-state index contributed by atoms with van der Waals surface area (Å²) in [6, 6.07) is 21.4. The fourth-order valence-corrected chi connectivity index (χ4v) is 4.97. The second-order valence-electron chi connectivity index (χ2n) is 9.38. The Morgan fingerprint density at radius 2 is 1.83 bits per heavy atom. The van der Waals surface area contributed by atoms with Gasteiger partial charge in [0.25, 0.3) is 0 Å². The Bertz CT molecular complexity index is 1400. The Balaban J connectivity index is 1.39. The van der Waals surface area contributed by atoms with Crippen LogP contribution in [-0.2, 0) is 11.3 Å². The second kappa shape index (κ2) is 10.0. The number of carbonyl (C=O) groups excluding carboxylic acids is 1. The average Bonchev–Trinajstić information content (AvgIpc) is 3.44. The number of aliphatic hydroxyl groups excluding tert-OH is 1. The molecule has 2 atom stereocenters. The van der Waals surface area contributed by atoms with Crippen molar-refractivity contribution in [3.8, 4) is 11.5 Å². The molecular formula is C29H31N3O4. The molecule has 4 aromatic rings. The molecule has 1 aliphatic heterocycles. The number of ether oxygens (including phenoxy) is 2. The lowest BCUT2D eigenvalue weighted by Gasteiger charge is -2.20. The molecule has 186 valence electrons. The number of nitrogens with zero attached hydrogens (tertiary/aromatic N) is 3. The van der Waals surface area contributed by atoms with Crippen molar-refractivity contribution in [2.75, 3.05) is 25.2 Å². The van der Waals surface area contributed by atoms with Gasteiger partial charge in [0, 0.05) is 18.9 Å². The van der Waals surface area contributed by atoms with E-state index in [2.05, 4.69) is 6.07 Å². The van der Waals surface area contributed by atoms with Crippen LogP contribution in [-0.4, -0.2) is 46.9 Å². The molecule has 1 N–H and O–H groups in total. The molecule has 36 heavy (non-hydrogen) atoms. The molecule has 0 unspecified atom stereocenters. The Kier molecular flexibility index (Phi) is 6.65. The van der Waals surface area contributed by atoms with Crippen molar-refractivity contribution >= 4 is 22.6 Å². The molecule has 0 bridgehead atoms. The summed E-state index contributed by atoms with van der Waals surface area (Å²) in [7, 11) is 1.61. The number of methoxy groups -OCH3 is 1. The van der Waals surface area contributed by atoms with Gasteiger partial charge in [0.15, 0.2) is 0 Å². The smallest absolute Gasteiger partial charge is 0.227 e. The number of carbonyl (C=O) groups is 1. The zero-order valence-corrected chi connectivity index (χ0v) is 20.8. The van der Waals surface area contributed by atoms with Crippen molar-refractivity contribution in [1.29, 1.82) is 0 Å². The van der Waals surface area contributed by atoms with Gasteiger partial charge in [-0.15, -0.1) is 0 Å². The van der Waals surface area contributed by atoms with Gasteiger partial charge in [0.2, 0.25) is 5.91 Å². The molecule has 0 spiro atoms. The van der Waals surface area contributed by atoms with Crippen LogP contribution in [0.2, 0.25) is 0 Å². The van der Waals surface area contributed by atoms with E-state index in [9.17, 15) is 9.90 Å². The minimum absolute atomic E-state index is 0.0295. The van der Waals surface area contributed by atoms with E-state index in [1.54, 1.807) is 12.0 Å². The Morgan fingerprint density at radius 1 is 1.06 bits per heavy atom. The number of aryl methyl sites for hydroxylation is 2. The first-order valence-corrected chi connectivity index (χ1v) is 12.2. The molecule has 0 aliphatic carbocycles. The van der Waals surface area contributed by atoms with Crippen molar-refractivity contribution in [2.45, 2.75) is 38.8 Å². The van der Waals surface area contributed by atoms with E-state index in [-0.39, 0.29) is 18.4 Å². The zero-order chi connectivity index (χ0) is 25.2. The summed E-state index contributed by atoms with van der Waals surface area (Å²) >= 11 is 0. The Morgan fingerprint density at radius 3 is 2.64 bits per heavy atom. The van der Waals surface area contributed by atoms with Gasteiger partial charge in [-0.2, -0.15) is 0 Å². The summed E-state index contributed by atoms with van der Waals surface area (Å²) in [6.45, 7) is 5.02. The van der Waals surface area contributed by atoms with Gasteiger partial charge in [0.1, 0.15) is 30.0 Å². The number of amides is 1. The molecule has 0 saturated carbocycles. The van der Waals surface area contributed by atoms with Crippen LogP contribution in [0.15, 0.2) is 66.7 Å². The van der Waals surface area contributed by atoms with Gasteiger partial charge in [0.05, 0.1) is 30.4 Å². The highest BCUT2D eigenvalue weighted by Crippen LogP contribution is 2.37. The third-order valence-electron chi connectivity index (χ3n) is 6.71. The van der Waals surface area contributed by atoms with Crippen molar-refractivity contribution in [2.24, 2.45) is 0 Å². The van der Waals surface area contributed by atoms with Crippen LogP contribution >= 0.6 is 0 Å². The third kappa shape index (κ3) is 4.66. The molecule has 1 saturated heterocycles. The van der Waals surface area contributed by atoms with E-state index in [1.807, 2.05) is 79.1 Å². The highest BCUT2D eigenvalue weighted by molar-refractivity contribution is 5.97. The first-order valence-electron chi connectivity index (χ1n) is 12.2. The van der Waals surface area contributed by atoms with E-state index in [0.717, 1.165) is 33.9 Å².